The molecule has 0 spiro atoms. The third-order valence-electron chi connectivity index (χ3n) is 3.50. The molecular weight excluding hydrogens is 240 g/mol. The summed E-state index contributed by atoms with van der Waals surface area (Å²) in [5.41, 5.74) is 0. The topological polar surface area (TPSA) is 66.5 Å². The van der Waals surface area contributed by atoms with Gasteiger partial charge in [-0.2, -0.15) is 0 Å². The van der Waals surface area contributed by atoms with Crippen molar-refractivity contribution in [2.75, 3.05) is 31.1 Å². The van der Waals surface area contributed by atoms with Crippen LogP contribution in [0.2, 0.25) is 0 Å². The minimum absolute atomic E-state index is 0.0870. The van der Waals surface area contributed by atoms with Gasteiger partial charge in [-0.3, -0.25) is 4.79 Å². The van der Waals surface area contributed by atoms with Crippen molar-refractivity contribution in [2.45, 2.75) is 25.8 Å². The van der Waals surface area contributed by atoms with Crippen LogP contribution >= 0.6 is 0 Å². The number of amides is 1. The molecule has 1 amide bonds. The highest BCUT2D eigenvalue weighted by molar-refractivity contribution is 7.91. The van der Waals surface area contributed by atoms with Crippen molar-refractivity contribution in [2.24, 2.45) is 5.92 Å². The van der Waals surface area contributed by atoms with Gasteiger partial charge < -0.3 is 10.2 Å². The van der Waals surface area contributed by atoms with E-state index in [1.165, 1.54) is 0 Å². The second-order valence-electron chi connectivity index (χ2n) is 5.20. The van der Waals surface area contributed by atoms with E-state index in [1.807, 2.05) is 4.90 Å². The Morgan fingerprint density at radius 1 is 1.47 bits per heavy atom. The van der Waals surface area contributed by atoms with Crippen LogP contribution in [0.4, 0.5) is 0 Å². The van der Waals surface area contributed by atoms with Gasteiger partial charge in [0.2, 0.25) is 5.91 Å². The van der Waals surface area contributed by atoms with Gasteiger partial charge in [-0.15, -0.1) is 0 Å². The fourth-order valence-corrected chi connectivity index (χ4v) is 3.94. The van der Waals surface area contributed by atoms with Crippen molar-refractivity contribution >= 4 is 15.7 Å². The van der Waals surface area contributed by atoms with Crippen LogP contribution < -0.4 is 5.32 Å². The number of sulfone groups is 1. The fraction of sp³-hybridized carbons (Fsp3) is 0.909. The average Bonchev–Trinajstić information content (AvgIpc) is 2.63. The van der Waals surface area contributed by atoms with Gasteiger partial charge in [-0.1, -0.05) is 6.92 Å². The van der Waals surface area contributed by atoms with E-state index in [9.17, 15) is 13.2 Å². The summed E-state index contributed by atoms with van der Waals surface area (Å²) in [6.07, 6.45) is 1.37. The van der Waals surface area contributed by atoms with Crippen LogP contribution in [0, 0.1) is 5.92 Å². The molecule has 6 heteroatoms. The summed E-state index contributed by atoms with van der Waals surface area (Å²) in [5, 5.41) is 3.11. The van der Waals surface area contributed by atoms with E-state index >= 15 is 0 Å². The molecule has 2 heterocycles. The number of nitrogens with zero attached hydrogens (tertiary/aromatic N) is 1. The van der Waals surface area contributed by atoms with Crippen LogP contribution in [0.15, 0.2) is 0 Å². The number of rotatable bonds is 2. The van der Waals surface area contributed by atoms with E-state index in [0.29, 0.717) is 18.9 Å². The first-order chi connectivity index (χ1) is 7.96. The minimum atomic E-state index is -2.95. The molecule has 5 nitrogen and oxygen atoms in total. The molecule has 2 aliphatic rings. The smallest absolute Gasteiger partial charge is 0.224 e. The van der Waals surface area contributed by atoms with Crippen LogP contribution in [0.1, 0.15) is 19.8 Å². The average molecular weight is 260 g/mol. The molecule has 0 aromatic heterocycles. The minimum Gasteiger partial charge on any atom is -0.342 e. The maximum absolute atomic E-state index is 12.0. The highest BCUT2D eigenvalue weighted by atomic mass is 32.2. The Bertz CT molecular complexity index is 394. The molecule has 17 heavy (non-hydrogen) atoms. The normalized spacial score (nSPS) is 32.6. The number of hydrogen-bond acceptors (Lipinski definition) is 4. The summed E-state index contributed by atoms with van der Waals surface area (Å²) in [5.74, 6) is 0.951. The zero-order valence-electron chi connectivity index (χ0n) is 10.2. The standard InChI is InChI=1S/C11H20N2O3S/c1-9-2-4-13(7-9)11(14)6-10-8-17(15,16)5-3-12-10/h9-10,12H,2-8H2,1H3. The summed E-state index contributed by atoms with van der Waals surface area (Å²) in [4.78, 5) is 13.8. The Morgan fingerprint density at radius 3 is 2.82 bits per heavy atom. The van der Waals surface area contributed by atoms with E-state index < -0.39 is 9.84 Å². The Kier molecular flexibility index (Phi) is 3.73. The predicted molar refractivity (Wildman–Crippen MR) is 65.4 cm³/mol. The number of likely N-dealkylation sites (tertiary alicyclic amines) is 1. The Morgan fingerprint density at radius 2 is 2.24 bits per heavy atom. The van der Waals surface area contributed by atoms with E-state index in [0.717, 1.165) is 19.5 Å². The predicted octanol–water partition coefficient (Wildman–Crippen LogP) is -0.368. The van der Waals surface area contributed by atoms with Gasteiger partial charge in [0, 0.05) is 32.1 Å². The van der Waals surface area contributed by atoms with Gasteiger partial charge in [0.25, 0.3) is 0 Å². The molecule has 0 aliphatic carbocycles. The van der Waals surface area contributed by atoms with Gasteiger partial charge in [-0.25, -0.2) is 8.42 Å². The second kappa shape index (κ2) is 4.94. The van der Waals surface area contributed by atoms with Crippen molar-refractivity contribution < 1.29 is 13.2 Å². The lowest BCUT2D eigenvalue weighted by atomic mass is 10.2. The molecule has 2 fully saturated rings. The molecule has 0 bridgehead atoms. The molecule has 2 unspecified atom stereocenters. The molecule has 2 aliphatic heterocycles. The van der Waals surface area contributed by atoms with Crippen LogP contribution in [0.3, 0.4) is 0 Å². The fourth-order valence-electron chi connectivity index (χ4n) is 2.50. The van der Waals surface area contributed by atoms with Crippen LogP contribution in [0.25, 0.3) is 0 Å². The molecule has 0 aromatic rings. The molecule has 1 N–H and O–H groups in total. The largest absolute Gasteiger partial charge is 0.342 e. The first-order valence-electron chi connectivity index (χ1n) is 6.18. The summed E-state index contributed by atoms with van der Waals surface area (Å²) in [7, 11) is -2.95. The molecule has 0 aromatic carbocycles. The van der Waals surface area contributed by atoms with Crippen molar-refractivity contribution in [3.05, 3.63) is 0 Å². The lowest BCUT2D eigenvalue weighted by molar-refractivity contribution is -0.130. The monoisotopic (exact) mass is 260 g/mol. The van der Waals surface area contributed by atoms with Crippen LogP contribution in [-0.2, 0) is 14.6 Å². The number of nitrogens with one attached hydrogen (secondary N) is 1. The first kappa shape index (κ1) is 12.8. The molecule has 2 atom stereocenters. The number of hydrogen-bond donors (Lipinski definition) is 1. The zero-order chi connectivity index (χ0) is 12.5. The Hall–Kier alpha value is -0.620. The van der Waals surface area contributed by atoms with Crippen molar-refractivity contribution in [3.8, 4) is 0 Å². The van der Waals surface area contributed by atoms with E-state index in [2.05, 4.69) is 12.2 Å². The van der Waals surface area contributed by atoms with Crippen molar-refractivity contribution in [1.29, 1.82) is 0 Å². The lowest BCUT2D eigenvalue weighted by Crippen LogP contribution is -2.47. The molecule has 2 rings (SSSR count). The van der Waals surface area contributed by atoms with Gasteiger partial charge in [-0.05, 0) is 12.3 Å². The van der Waals surface area contributed by atoms with Crippen LogP contribution in [-0.4, -0.2) is 56.4 Å². The SMILES string of the molecule is CC1CCN(C(=O)CC2CS(=O)(=O)CCN2)C1. The first-order valence-corrected chi connectivity index (χ1v) is 8.00. The van der Waals surface area contributed by atoms with Gasteiger partial charge in [0.15, 0.2) is 9.84 Å². The van der Waals surface area contributed by atoms with Gasteiger partial charge >= 0.3 is 0 Å². The van der Waals surface area contributed by atoms with E-state index in [4.69, 9.17) is 0 Å². The number of carbonyl (C=O) groups is 1. The second-order valence-corrected chi connectivity index (χ2v) is 7.43. The van der Waals surface area contributed by atoms with Crippen molar-refractivity contribution in [1.82, 2.24) is 10.2 Å². The van der Waals surface area contributed by atoms with E-state index in [-0.39, 0.29) is 23.5 Å². The summed E-state index contributed by atoms with van der Waals surface area (Å²) in [6, 6.07) is -0.197. The number of carbonyl (C=O) groups excluding carboxylic acids is 1. The maximum Gasteiger partial charge on any atom is 0.224 e. The summed E-state index contributed by atoms with van der Waals surface area (Å²) in [6.45, 7) is 4.24. The molecule has 0 radical (unpaired) electrons. The highest BCUT2D eigenvalue weighted by Crippen LogP contribution is 2.17. The summed E-state index contributed by atoms with van der Waals surface area (Å²) >= 11 is 0. The molecular formula is C11H20N2O3S. The zero-order valence-corrected chi connectivity index (χ0v) is 11.0. The lowest BCUT2D eigenvalue weighted by Gasteiger charge is -2.25. The van der Waals surface area contributed by atoms with Gasteiger partial charge in [0.1, 0.15) is 0 Å². The summed E-state index contributed by atoms with van der Waals surface area (Å²) < 4.78 is 22.9. The highest BCUT2D eigenvalue weighted by Gasteiger charge is 2.29. The molecule has 98 valence electrons. The molecule has 0 saturated carbocycles. The third-order valence-corrected chi connectivity index (χ3v) is 5.24. The van der Waals surface area contributed by atoms with Crippen molar-refractivity contribution in [3.63, 3.8) is 0 Å². The third kappa shape index (κ3) is 3.42. The Balaban J connectivity index is 1.86. The van der Waals surface area contributed by atoms with E-state index in [1.54, 1.807) is 0 Å². The molecule has 2 saturated heterocycles. The quantitative estimate of drug-likeness (QED) is 0.736. The van der Waals surface area contributed by atoms with Gasteiger partial charge in [0.05, 0.1) is 11.5 Å². The Labute approximate surface area is 102 Å². The maximum atomic E-state index is 12.0. The van der Waals surface area contributed by atoms with Crippen LogP contribution in [0.5, 0.6) is 0 Å².